The van der Waals surface area contributed by atoms with Gasteiger partial charge in [-0.1, -0.05) is 13.3 Å². The second-order valence-corrected chi connectivity index (χ2v) is 6.89. The molecule has 0 spiro atoms. The van der Waals surface area contributed by atoms with E-state index in [9.17, 15) is 8.42 Å². The molecule has 0 radical (unpaired) electrons. The maximum absolute atomic E-state index is 11.5. The number of nitrogens with one attached hydrogen (secondary N) is 1. The summed E-state index contributed by atoms with van der Waals surface area (Å²) in [5, 5.41) is -0.154. The van der Waals surface area contributed by atoms with Crippen molar-refractivity contribution in [2.45, 2.75) is 50.3 Å². The molecule has 0 aromatic heterocycles. The highest BCUT2D eigenvalue weighted by Gasteiger charge is 2.31. The molecule has 1 rings (SSSR count). The molecule has 0 saturated heterocycles. The van der Waals surface area contributed by atoms with E-state index in [-0.39, 0.29) is 11.3 Å². The lowest BCUT2D eigenvalue weighted by Gasteiger charge is -2.33. The summed E-state index contributed by atoms with van der Waals surface area (Å²) < 4.78 is 23.0. The summed E-state index contributed by atoms with van der Waals surface area (Å²) in [4.78, 5) is 0. The molecular formula is C10H22N2O2S. The predicted molar refractivity (Wildman–Crippen MR) is 62.0 cm³/mol. The molecule has 3 N–H and O–H groups in total. The van der Waals surface area contributed by atoms with Crippen molar-refractivity contribution >= 4 is 9.84 Å². The van der Waals surface area contributed by atoms with Crippen LogP contribution in [0.25, 0.3) is 0 Å². The van der Waals surface area contributed by atoms with Gasteiger partial charge in [-0.15, -0.1) is 0 Å². The highest BCUT2D eigenvalue weighted by molar-refractivity contribution is 7.91. The Morgan fingerprint density at radius 1 is 1.47 bits per heavy atom. The summed E-state index contributed by atoms with van der Waals surface area (Å²) >= 11 is 0. The van der Waals surface area contributed by atoms with Crippen molar-refractivity contribution in [2.75, 3.05) is 6.26 Å². The third kappa shape index (κ3) is 3.43. The monoisotopic (exact) mass is 234 g/mol. The van der Waals surface area contributed by atoms with Crippen LogP contribution in [0.15, 0.2) is 0 Å². The predicted octanol–water partition coefficient (Wildman–Crippen LogP) is 0.832. The van der Waals surface area contributed by atoms with Crippen LogP contribution in [0.2, 0.25) is 0 Å². The van der Waals surface area contributed by atoms with Gasteiger partial charge in [0.05, 0.1) is 5.25 Å². The van der Waals surface area contributed by atoms with Crippen LogP contribution in [-0.2, 0) is 9.84 Å². The lowest BCUT2D eigenvalue weighted by molar-refractivity contribution is 0.266. The maximum Gasteiger partial charge on any atom is 0.150 e. The molecule has 0 aromatic rings. The fourth-order valence-corrected chi connectivity index (χ4v) is 3.71. The molecule has 0 aromatic carbocycles. The van der Waals surface area contributed by atoms with E-state index in [1.54, 1.807) is 0 Å². The Kier molecular flexibility index (Phi) is 4.55. The minimum Gasteiger partial charge on any atom is -0.271 e. The zero-order valence-electron chi connectivity index (χ0n) is 9.57. The van der Waals surface area contributed by atoms with Crippen molar-refractivity contribution in [1.82, 2.24) is 5.43 Å². The van der Waals surface area contributed by atoms with Gasteiger partial charge in [-0.25, -0.2) is 8.42 Å². The summed E-state index contributed by atoms with van der Waals surface area (Å²) in [5.41, 5.74) is 2.80. The second kappa shape index (κ2) is 5.27. The van der Waals surface area contributed by atoms with E-state index in [0.29, 0.717) is 5.92 Å². The summed E-state index contributed by atoms with van der Waals surface area (Å²) in [5.74, 6) is 5.88. The topological polar surface area (TPSA) is 72.2 Å². The van der Waals surface area contributed by atoms with Crippen LogP contribution in [0.5, 0.6) is 0 Å². The number of nitrogens with two attached hydrogens (primary N) is 1. The smallest absolute Gasteiger partial charge is 0.150 e. The molecule has 3 atom stereocenters. The standard InChI is InChI=1S/C10H22N2O2S/c1-3-10(12-11)8-5-4-6-9(7-8)15(2,13)14/h8-10,12H,3-7,11H2,1-2H3. The van der Waals surface area contributed by atoms with Crippen LogP contribution in [0.4, 0.5) is 0 Å². The molecule has 4 nitrogen and oxygen atoms in total. The van der Waals surface area contributed by atoms with E-state index in [1.807, 2.05) is 0 Å². The minimum absolute atomic E-state index is 0.154. The SMILES string of the molecule is CCC(NN)C1CCCC(S(C)(=O)=O)C1. The molecule has 90 valence electrons. The van der Waals surface area contributed by atoms with Crippen molar-refractivity contribution in [2.24, 2.45) is 11.8 Å². The Balaban J connectivity index is 2.63. The maximum atomic E-state index is 11.5. The number of hydrazine groups is 1. The molecule has 1 aliphatic rings. The molecule has 0 amide bonds. The zero-order valence-corrected chi connectivity index (χ0v) is 10.4. The van der Waals surface area contributed by atoms with Crippen LogP contribution >= 0.6 is 0 Å². The van der Waals surface area contributed by atoms with Crippen molar-refractivity contribution < 1.29 is 8.42 Å². The molecule has 1 saturated carbocycles. The van der Waals surface area contributed by atoms with Crippen LogP contribution in [0.1, 0.15) is 39.0 Å². The largest absolute Gasteiger partial charge is 0.271 e. The average Bonchev–Trinajstić information content (AvgIpc) is 2.19. The molecule has 3 unspecified atom stereocenters. The van der Waals surface area contributed by atoms with E-state index in [1.165, 1.54) is 6.26 Å². The third-order valence-corrected chi connectivity index (χ3v) is 5.13. The van der Waals surface area contributed by atoms with Gasteiger partial charge in [0.1, 0.15) is 9.84 Å². The molecule has 0 heterocycles. The average molecular weight is 234 g/mol. The van der Waals surface area contributed by atoms with E-state index in [2.05, 4.69) is 12.3 Å². The fraction of sp³-hybridized carbons (Fsp3) is 1.00. The van der Waals surface area contributed by atoms with Gasteiger partial charge in [0.2, 0.25) is 0 Å². The van der Waals surface area contributed by atoms with Crippen LogP contribution in [0, 0.1) is 5.92 Å². The molecule has 1 aliphatic carbocycles. The molecule has 15 heavy (non-hydrogen) atoms. The number of hydrogen-bond donors (Lipinski definition) is 2. The normalized spacial score (nSPS) is 30.1. The zero-order chi connectivity index (χ0) is 11.5. The lowest BCUT2D eigenvalue weighted by Crippen LogP contribution is -2.43. The Bertz CT molecular complexity index is 286. The molecular weight excluding hydrogens is 212 g/mol. The number of rotatable bonds is 4. The first kappa shape index (κ1) is 12.9. The van der Waals surface area contributed by atoms with Crippen LogP contribution in [-0.4, -0.2) is 26.0 Å². The van der Waals surface area contributed by atoms with Crippen molar-refractivity contribution in [3.63, 3.8) is 0 Å². The van der Waals surface area contributed by atoms with Gasteiger partial charge in [0.15, 0.2) is 0 Å². The Morgan fingerprint density at radius 2 is 2.13 bits per heavy atom. The molecule has 0 bridgehead atoms. The van der Waals surface area contributed by atoms with Crippen molar-refractivity contribution in [3.05, 3.63) is 0 Å². The van der Waals surface area contributed by atoms with Gasteiger partial charge in [-0.3, -0.25) is 11.3 Å². The van der Waals surface area contributed by atoms with Gasteiger partial charge in [-0.05, 0) is 31.6 Å². The van der Waals surface area contributed by atoms with Gasteiger partial charge in [0.25, 0.3) is 0 Å². The van der Waals surface area contributed by atoms with E-state index >= 15 is 0 Å². The van der Waals surface area contributed by atoms with Gasteiger partial charge in [0, 0.05) is 12.3 Å². The highest BCUT2D eigenvalue weighted by Crippen LogP contribution is 2.31. The first-order valence-electron chi connectivity index (χ1n) is 5.64. The summed E-state index contributed by atoms with van der Waals surface area (Å²) in [6.45, 7) is 2.08. The van der Waals surface area contributed by atoms with Crippen molar-refractivity contribution in [1.29, 1.82) is 0 Å². The first-order valence-corrected chi connectivity index (χ1v) is 7.59. The van der Waals surface area contributed by atoms with E-state index in [4.69, 9.17) is 5.84 Å². The number of sulfone groups is 1. The minimum atomic E-state index is -2.88. The lowest BCUT2D eigenvalue weighted by atomic mass is 9.83. The number of hydrogen-bond acceptors (Lipinski definition) is 4. The van der Waals surface area contributed by atoms with E-state index < -0.39 is 9.84 Å². The summed E-state index contributed by atoms with van der Waals surface area (Å²) in [7, 11) is -2.88. The van der Waals surface area contributed by atoms with Crippen LogP contribution in [0.3, 0.4) is 0 Å². The second-order valence-electron chi connectivity index (χ2n) is 4.56. The van der Waals surface area contributed by atoms with Gasteiger partial charge < -0.3 is 0 Å². The third-order valence-electron chi connectivity index (χ3n) is 3.50. The van der Waals surface area contributed by atoms with Gasteiger partial charge in [-0.2, -0.15) is 0 Å². The van der Waals surface area contributed by atoms with Gasteiger partial charge >= 0.3 is 0 Å². The van der Waals surface area contributed by atoms with Crippen LogP contribution < -0.4 is 11.3 Å². The Labute approximate surface area is 92.5 Å². The summed E-state index contributed by atoms with van der Waals surface area (Å²) in [6, 6.07) is 0.259. The van der Waals surface area contributed by atoms with E-state index in [0.717, 1.165) is 32.1 Å². The summed E-state index contributed by atoms with van der Waals surface area (Å²) in [6.07, 6.45) is 5.97. The molecule has 5 heteroatoms. The molecule has 1 fully saturated rings. The van der Waals surface area contributed by atoms with Crippen molar-refractivity contribution in [3.8, 4) is 0 Å². The fourth-order valence-electron chi connectivity index (χ4n) is 2.52. The Morgan fingerprint density at radius 3 is 2.60 bits per heavy atom. The Hall–Kier alpha value is -0.130. The molecule has 0 aliphatic heterocycles. The quantitative estimate of drug-likeness (QED) is 0.558. The first-order chi connectivity index (χ1) is 6.99. The highest BCUT2D eigenvalue weighted by atomic mass is 32.2.